The van der Waals surface area contributed by atoms with Gasteiger partial charge >= 0.3 is 0 Å². The second-order valence-corrected chi connectivity index (χ2v) is 8.62. The molecule has 1 aliphatic carbocycles. The van der Waals surface area contributed by atoms with Gasteiger partial charge < -0.3 is 10.3 Å². The van der Waals surface area contributed by atoms with Gasteiger partial charge in [-0.25, -0.2) is 0 Å². The van der Waals surface area contributed by atoms with Gasteiger partial charge in [0.2, 0.25) is 0 Å². The van der Waals surface area contributed by atoms with Crippen molar-refractivity contribution in [2.75, 3.05) is 13.6 Å². The molecule has 1 heterocycles. The zero-order valence-corrected chi connectivity index (χ0v) is 20.1. The molecular weight excluding hydrogens is 378 g/mol. The van der Waals surface area contributed by atoms with Gasteiger partial charge in [-0.2, -0.15) is 0 Å². The lowest BCUT2D eigenvalue weighted by atomic mass is 9.92. The minimum Gasteiger partial charge on any atom is -0.374 e. The number of nitrogens with zero attached hydrogens (tertiary/aromatic N) is 2. The van der Waals surface area contributed by atoms with Gasteiger partial charge in [0.1, 0.15) is 0 Å². The summed E-state index contributed by atoms with van der Waals surface area (Å²) < 4.78 is 0. The molecule has 0 aromatic heterocycles. The first-order valence-corrected chi connectivity index (χ1v) is 11.4. The molecule has 0 radical (unpaired) electrons. The summed E-state index contributed by atoms with van der Waals surface area (Å²) in [5.74, 6) is 0. The fourth-order valence-electron chi connectivity index (χ4n) is 4.11. The Kier molecular flexibility index (Phi) is 9.71. The van der Waals surface area contributed by atoms with Gasteiger partial charge in [0, 0.05) is 51.0 Å². The summed E-state index contributed by atoms with van der Waals surface area (Å²) in [6.07, 6.45) is 19.8. The maximum atomic E-state index is 7.68. The first kappa shape index (κ1) is 24.6. The molecule has 0 unspecified atom stereocenters. The fraction of sp³-hybridized carbons (Fsp3) is 0.429. The van der Waals surface area contributed by atoms with E-state index in [4.69, 9.17) is 5.41 Å². The Morgan fingerprint density at radius 3 is 2.65 bits per heavy atom. The molecule has 2 rings (SSSR count). The van der Waals surface area contributed by atoms with Crippen LogP contribution in [0.5, 0.6) is 0 Å². The third-order valence-corrected chi connectivity index (χ3v) is 6.24. The number of allylic oxidation sites excluding steroid dienone is 10. The largest absolute Gasteiger partial charge is 0.374 e. The highest BCUT2D eigenvalue weighted by atomic mass is 15.1. The van der Waals surface area contributed by atoms with E-state index in [1.54, 1.807) is 0 Å². The van der Waals surface area contributed by atoms with Gasteiger partial charge in [-0.15, -0.1) is 0 Å². The molecule has 0 spiro atoms. The first-order valence-electron chi connectivity index (χ1n) is 11.4. The summed E-state index contributed by atoms with van der Waals surface area (Å²) >= 11 is 0. The summed E-state index contributed by atoms with van der Waals surface area (Å²) in [4.78, 5) is 6.69. The second-order valence-electron chi connectivity index (χ2n) is 8.62. The number of rotatable bonds is 11. The van der Waals surface area contributed by atoms with Crippen LogP contribution in [0.25, 0.3) is 0 Å². The Labute approximate surface area is 189 Å². The van der Waals surface area contributed by atoms with Crippen LogP contribution < -0.4 is 0 Å². The van der Waals surface area contributed by atoms with Gasteiger partial charge in [0.05, 0.1) is 0 Å². The van der Waals surface area contributed by atoms with Crippen LogP contribution in [-0.2, 0) is 0 Å². The summed E-state index contributed by atoms with van der Waals surface area (Å²) in [6, 6.07) is 0. The van der Waals surface area contributed by atoms with Crippen LogP contribution in [0.1, 0.15) is 66.2 Å². The molecule has 166 valence electrons. The highest BCUT2D eigenvalue weighted by molar-refractivity contribution is 5.71. The van der Waals surface area contributed by atoms with Crippen molar-refractivity contribution >= 4 is 12.4 Å². The van der Waals surface area contributed by atoms with E-state index in [0.717, 1.165) is 38.6 Å². The molecule has 0 amide bonds. The minimum absolute atomic E-state index is 0.662. The average molecular weight is 418 g/mol. The van der Waals surface area contributed by atoms with E-state index >= 15 is 0 Å². The Bertz CT molecular complexity index is 901. The predicted octanol–water partition coefficient (Wildman–Crippen LogP) is 7.49. The molecule has 1 N–H and O–H groups in total. The van der Waals surface area contributed by atoms with Crippen molar-refractivity contribution in [1.82, 2.24) is 4.90 Å². The minimum atomic E-state index is 0.662. The predicted molar refractivity (Wildman–Crippen MR) is 137 cm³/mol. The van der Waals surface area contributed by atoms with Gasteiger partial charge in [-0.3, -0.25) is 4.99 Å². The average Bonchev–Trinajstić information content (AvgIpc) is 3.27. The normalized spacial score (nSPS) is 18.0. The lowest BCUT2D eigenvalue weighted by molar-refractivity contribution is 0.434. The maximum Gasteiger partial charge on any atom is 0.0386 e. The Balaban J connectivity index is 2.36. The molecular formula is C28H39N3. The van der Waals surface area contributed by atoms with Gasteiger partial charge in [0.15, 0.2) is 0 Å². The van der Waals surface area contributed by atoms with E-state index in [1.165, 1.54) is 50.9 Å². The number of aliphatic imine (C=N–C) groups is 1. The van der Waals surface area contributed by atoms with E-state index in [9.17, 15) is 0 Å². The molecule has 3 heteroatoms. The first-order chi connectivity index (χ1) is 14.9. The summed E-state index contributed by atoms with van der Waals surface area (Å²) in [7, 11) is 2.20. The zero-order chi connectivity index (χ0) is 22.8. The van der Waals surface area contributed by atoms with Crippen LogP contribution in [0.3, 0.4) is 0 Å². The van der Waals surface area contributed by atoms with Crippen molar-refractivity contribution in [3.63, 3.8) is 0 Å². The van der Waals surface area contributed by atoms with Crippen LogP contribution in [0.4, 0.5) is 0 Å². The molecule has 1 aliphatic heterocycles. The third kappa shape index (κ3) is 7.20. The fourth-order valence-corrected chi connectivity index (χ4v) is 4.11. The smallest absolute Gasteiger partial charge is 0.0386 e. The Morgan fingerprint density at radius 2 is 2.06 bits per heavy atom. The molecule has 0 aromatic carbocycles. The molecule has 3 nitrogen and oxygen atoms in total. The van der Waals surface area contributed by atoms with Crippen molar-refractivity contribution in [1.29, 1.82) is 5.41 Å². The van der Waals surface area contributed by atoms with Crippen molar-refractivity contribution in [2.24, 2.45) is 4.99 Å². The van der Waals surface area contributed by atoms with Crippen molar-refractivity contribution in [3.8, 4) is 0 Å². The van der Waals surface area contributed by atoms with E-state index in [2.05, 4.69) is 69.4 Å². The third-order valence-electron chi connectivity index (χ3n) is 6.24. The lowest BCUT2D eigenvalue weighted by Crippen LogP contribution is -2.22. The highest BCUT2D eigenvalue weighted by Crippen LogP contribution is 2.29. The molecule has 0 aromatic rings. The molecule has 31 heavy (non-hydrogen) atoms. The quantitative estimate of drug-likeness (QED) is 0.274. The molecule has 0 atom stereocenters. The topological polar surface area (TPSA) is 39.5 Å². The van der Waals surface area contributed by atoms with Crippen molar-refractivity contribution in [3.05, 3.63) is 81.8 Å². The maximum absolute atomic E-state index is 7.68. The SMILES string of the molecule is C=C/C=C(\C=C(/C/C(C)=C(\CC=N)C1=CN=CC1)N(C)CC1=CC(C)=C(C)CC1)CC. The molecule has 0 bridgehead atoms. The second kappa shape index (κ2) is 12.2. The summed E-state index contributed by atoms with van der Waals surface area (Å²) in [6.45, 7) is 13.7. The van der Waals surface area contributed by atoms with Crippen LogP contribution in [0.2, 0.25) is 0 Å². The van der Waals surface area contributed by atoms with Crippen molar-refractivity contribution in [2.45, 2.75) is 66.2 Å². The number of nitrogens with one attached hydrogen (secondary N) is 1. The highest BCUT2D eigenvalue weighted by Gasteiger charge is 2.16. The van der Waals surface area contributed by atoms with Crippen molar-refractivity contribution < 1.29 is 0 Å². The number of hydrogen-bond donors (Lipinski definition) is 1. The molecule has 2 aliphatic rings. The zero-order valence-electron chi connectivity index (χ0n) is 20.1. The summed E-state index contributed by atoms with van der Waals surface area (Å²) in [5.41, 5.74) is 10.8. The standard InChI is InChI=1S/C28H39N3/c1-7-9-24(8-2)18-27(31(6)20-25-11-10-21(3)22(4)16-25)17-23(5)28(12-14-29)26-13-15-30-19-26/h7,9,14-16,18-19,29H,1,8,10-13,17,20H2,2-6H3/b24-9-,27-18+,28-23+,29-14?. The van der Waals surface area contributed by atoms with Crippen LogP contribution in [0, 0.1) is 5.41 Å². The van der Waals surface area contributed by atoms with E-state index in [0.29, 0.717) is 6.42 Å². The Hall–Kier alpha value is -2.68. The van der Waals surface area contributed by atoms with E-state index in [-0.39, 0.29) is 0 Å². The number of likely N-dealkylation sites (N-methyl/N-ethyl adjacent to an activating group) is 1. The van der Waals surface area contributed by atoms with E-state index < -0.39 is 0 Å². The molecule has 0 saturated carbocycles. The van der Waals surface area contributed by atoms with Crippen LogP contribution >= 0.6 is 0 Å². The summed E-state index contributed by atoms with van der Waals surface area (Å²) in [5, 5.41) is 7.68. The monoisotopic (exact) mass is 417 g/mol. The van der Waals surface area contributed by atoms with Crippen LogP contribution in [-0.4, -0.2) is 30.9 Å². The van der Waals surface area contributed by atoms with E-state index in [1.807, 2.05) is 18.5 Å². The van der Waals surface area contributed by atoms with Gasteiger partial charge in [-0.05, 0) is 69.0 Å². The molecule has 0 fully saturated rings. The number of hydrogen-bond acceptors (Lipinski definition) is 3. The lowest BCUT2D eigenvalue weighted by Gasteiger charge is -2.27. The van der Waals surface area contributed by atoms with Crippen LogP contribution in [0.15, 0.2) is 86.8 Å². The van der Waals surface area contributed by atoms with Gasteiger partial charge in [0.25, 0.3) is 0 Å². The van der Waals surface area contributed by atoms with Gasteiger partial charge in [-0.1, -0.05) is 54.0 Å². The molecule has 0 saturated heterocycles. The Morgan fingerprint density at radius 1 is 1.29 bits per heavy atom.